The summed E-state index contributed by atoms with van der Waals surface area (Å²) in [7, 11) is -0.532. The zero-order valence-corrected chi connectivity index (χ0v) is 16.5. The molecular formula is C17H26BN3O3S. The lowest BCUT2D eigenvalue weighted by atomic mass is 9.78. The van der Waals surface area contributed by atoms with Gasteiger partial charge in [-0.3, -0.25) is 4.79 Å². The molecule has 2 rings (SSSR count). The van der Waals surface area contributed by atoms with Gasteiger partial charge in [-0.15, -0.1) is 0 Å². The number of hydrogen-bond acceptors (Lipinski definition) is 7. The van der Waals surface area contributed by atoms with Gasteiger partial charge in [-0.05, 0) is 51.2 Å². The molecule has 2 heterocycles. The molecule has 8 heteroatoms. The van der Waals surface area contributed by atoms with Crippen LogP contribution in [0.4, 0.5) is 11.5 Å². The van der Waals surface area contributed by atoms with E-state index < -0.39 is 18.3 Å². The maximum absolute atomic E-state index is 11.4. The van der Waals surface area contributed by atoms with Gasteiger partial charge in [-0.2, -0.15) is 0 Å². The third-order valence-electron chi connectivity index (χ3n) is 4.79. The quantitative estimate of drug-likeness (QED) is 0.793. The van der Waals surface area contributed by atoms with Crippen molar-refractivity contribution in [1.82, 2.24) is 4.98 Å². The number of thioether (sulfide) groups is 1. The van der Waals surface area contributed by atoms with Gasteiger partial charge in [-0.1, -0.05) is 17.8 Å². The summed E-state index contributed by atoms with van der Waals surface area (Å²) in [5.74, 6) is 0.778. The van der Waals surface area contributed by atoms with Crippen molar-refractivity contribution in [1.29, 1.82) is 0 Å². The second-order valence-corrected chi connectivity index (χ2v) is 8.38. The van der Waals surface area contributed by atoms with Crippen molar-refractivity contribution in [3.8, 4) is 0 Å². The van der Waals surface area contributed by atoms with Crippen molar-refractivity contribution in [2.45, 2.75) is 52.7 Å². The van der Waals surface area contributed by atoms with Crippen LogP contribution < -0.4 is 11.5 Å². The minimum absolute atomic E-state index is 0.0362. The molecule has 0 saturated carbocycles. The molecule has 0 bridgehead atoms. The van der Waals surface area contributed by atoms with Crippen LogP contribution >= 0.6 is 11.8 Å². The van der Waals surface area contributed by atoms with E-state index in [-0.39, 0.29) is 5.12 Å². The van der Waals surface area contributed by atoms with Crippen LogP contribution in [0.25, 0.3) is 6.08 Å². The molecule has 0 spiro atoms. The van der Waals surface area contributed by atoms with Crippen LogP contribution in [-0.4, -0.2) is 34.2 Å². The Balaban J connectivity index is 2.40. The molecule has 0 radical (unpaired) electrons. The Kier molecular flexibility index (Phi) is 5.56. The van der Waals surface area contributed by atoms with Crippen LogP contribution in [0.5, 0.6) is 0 Å². The van der Waals surface area contributed by atoms with Gasteiger partial charge in [-0.25, -0.2) is 4.98 Å². The van der Waals surface area contributed by atoms with E-state index in [9.17, 15) is 4.79 Å². The molecule has 0 aliphatic carbocycles. The average Bonchev–Trinajstić information content (AvgIpc) is 2.71. The molecule has 136 valence electrons. The van der Waals surface area contributed by atoms with Crippen LogP contribution in [-0.2, 0) is 14.1 Å². The van der Waals surface area contributed by atoms with Crippen LogP contribution in [0, 0.1) is 6.92 Å². The van der Waals surface area contributed by atoms with Crippen molar-refractivity contribution in [3.63, 3.8) is 0 Å². The lowest BCUT2D eigenvalue weighted by Gasteiger charge is -2.32. The summed E-state index contributed by atoms with van der Waals surface area (Å²) in [4.78, 5) is 15.6. The van der Waals surface area contributed by atoms with Gasteiger partial charge >= 0.3 is 7.12 Å². The zero-order chi connectivity index (χ0) is 19.0. The van der Waals surface area contributed by atoms with Gasteiger partial charge in [0.25, 0.3) is 0 Å². The van der Waals surface area contributed by atoms with Gasteiger partial charge in [0.1, 0.15) is 5.82 Å². The number of rotatable bonds is 4. The second-order valence-electron chi connectivity index (χ2n) is 7.23. The molecule has 25 heavy (non-hydrogen) atoms. The fraction of sp³-hybridized carbons (Fsp3) is 0.529. The molecule has 6 nitrogen and oxygen atoms in total. The topological polar surface area (TPSA) is 100 Å². The molecule has 0 amide bonds. The zero-order valence-electron chi connectivity index (χ0n) is 15.7. The number of hydrogen-bond donors (Lipinski definition) is 2. The fourth-order valence-electron chi connectivity index (χ4n) is 2.36. The number of nitrogens with two attached hydrogens (primary N) is 2. The molecule has 1 fully saturated rings. The van der Waals surface area contributed by atoms with Gasteiger partial charge in [0.2, 0.25) is 0 Å². The number of carbonyl (C=O) groups is 1. The van der Waals surface area contributed by atoms with E-state index in [0.29, 0.717) is 17.3 Å². The first kappa shape index (κ1) is 19.8. The predicted octanol–water partition coefficient (Wildman–Crippen LogP) is 2.85. The van der Waals surface area contributed by atoms with Crippen molar-refractivity contribution in [2.75, 3.05) is 17.2 Å². The highest BCUT2D eigenvalue weighted by Crippen LogP contribution is 2.39. The van der Waals surface area contributed by atoms with Crippen molar-refractivity contribution < 1.29 is 14.1 Å². The van der Waals surface area contributed by atoms with Crippen molar-refractivity contribution in [3.05, 3.63) is 22.8 Å². The van der Waals surface area contributed by atoms with Gasteiger partial charge in [0.15, 0.2) is 5.12 Å². The van der Waals surface area contributed by atoms with Gasteiger partial charge in [0, 0.05) is 18.9 Å². The van der Waals surface area contributed by atoms with E-state index in [1.165, 1.54) is 11.8 Å². The molecule has 1 aliphatic rings. The van der Waals surface area contributed by atoms with E-state index in [1.807, 2.05) is 40.7 Å². The van der Waals surface area contributed by atoms with Gasteiger partial charge < -0.3 is 20.8 Å². The lowest BCUT2D eigenvalue weighted by Crippen LogP contribution is -2.41. The summed E-state index contributed by atoms with van der Waals surface area (Å²) in [6.07, 6.45) is 3.60. The fourth-order valence-corrected chi connectivity index (χ4v) is 2.94. The molecule has 1 aliphatic heterocycles. The minimum atomic E-state index is -0.532. The SMILES string of the molecule is CC(=O)SCC(=Cc1cnc(N)c(N)c1C)B1OC(C)(C)C(C)(C)O1. The van der Waals surface area contributed by atoms with Gasteiger partial charge in [0.05, 0.1) is 16.9 Å². The number of carbonyl (C=O) groups excluding carboxylic acids is 1. The molecule has 1 aromatic rings. The summed E-state index contributed by atoms with van der Waals surface area (Å²) in [6, 6.07) is 0. The van der Waals surface area contributed by atoms with Crippen LogP contribution in [0.15, 0.2) is 11.7 Å². The van der Waals surface area contributed by atoms with Crippen LogP contribution in [0.1, 0.15) is 45.7 Å². The summed E-state index contributed by atoms with van der Waals surface area (Å²) in [5, 5.41) is 0.0362. The Bertz CT molecular complexity index is 703. The van der Waals surface area contributed by atoms with E-state index >= 15 is 0 Å². The summed E-state index contributed by atoms with van der Waals surface area (Å²) >= 11 is 1.22. The largest absolute Gasteiger partial charge is 0.491 e. The normalized spacial score (nSPS) is 19.3. The number of nitrogens with zero attached hydrogens (tertiary/aromatic N) is 1. The molecule has 1 saturated heterocycles. The second kappa shape index (κ2) is 7.01. The maximum Gasteiger partial charge on any atom is 0.491 e. The first-order chi connectivity index (χ1) is 11.4. The van der Waals surface area contributed by atoms with E-state index in [4.69, 9.17) is 20.8 Å². The van der Waals surface area contributed by atoms with E-state index in [0.717, 1.165) is 16.6 Å². The summed E-state index contributed by atoms with van der Waals surface area (Å²) in [6.45, 7) is 11.4. The predicted molar refractivity (Wildman–Crippen MR) is 105 cm³/mol. The van der Waals surface area contributed by atoms with E-state index in [1.54, 1.807) is 13.1 Å². The van der Waals surface area contributed by atoms with Crippen LogP contribution in [0.3, 0.4) is 0 Å². The number of pyridine rings is 1. The van der Waals surface area contributed by atoms with Crippen molar-refractivity contribution >= 4 is 41.6 Å². The highest BCUT2D eigenvalue weighted by molar-refractivity contribution is 8.13. The lowest BCUT2D eigenvalue weighted by molar-refractivity contribution is -0.109. The Morgan fingerprint density at radius 1 is 1.28 bits per heavy atom. The first-order valence-electron chi connectivity index (χ1n) is 8.14. The molecule has 0 atom stereocenters. The molecule has 4 N–H and O–H groups in total. The smallest absolute Gasteiger partial charge is 0.400 e. The Labute approximate surface area is 153 Å². The Morgan fingerprint density at radius 2 is 1.84 bits per heavy atom. The highest BCUT2D eigenvalue weighted by Gasteiger charge is 2.52. The average molecular weight is 363 g/mol. The Hall–Kier alpha value is -1.51. The van der Waals surface area contributed by atoms with E-state index in [2.05, 4.69) is 4.98 Å². The monoisotopic (exact) mass is 363 g/mol. The van der Waals surface area contributed by atoms with Crippen LogP contribution in [0.2, 0.25) is 0 Å². The molecule has 0 aromatic carbocycles. The third kappa shape index (κ3) is 4.19. The molecule has 0 unspecified atom stereocenters. The molecular weight excluding hydrogens is 337 g/mol. The minimum Gasteiger partial charge on any atom is -0.400 e. The first-order valence-corrected chi connectivity index (χ1v) is 9.13. The number of aromatic nitrogens is 1. The Morgan fingerprint density at radius 3 is 2.36 bits per heavy atom. The number of anilines is 2. The standard InChI is InChI=1S/C17H26BN3O3S/c1-10-12(8-21-15(20)14(10)19)7-13(9-25-11(2)22)18-23-16(3,4)17(5,6)24-18/h7-8H,9,19H2,1-6H3,(H2,20,21). The maximum atomic E-state index is 11.4. The van der Waals surface area contributed by atoms with Crippen molar-refractivity contribution in [2.24, 2.45) is 0 Å². The molecule has 1 aromatic heterocycles. The number of nitrogen functional groups attached to an aromatic ring is 2. The third-order valence-corrected chi connectivity index (χ3v) is 5.68. The summed E-state index contributed by atoms with van der Waals surface area (Å²) < 4.78 is 12.3. The highest BCUT2D eigenvalue weighted by atomic mass is 32.2. The summed E-state index contributed by atoms with van der Waals surface area (Å²) in [5.41, 5.74) is 13.8.